The lowest BCUT2D eigenvalue weighted by molar-refractivity contribution is 0.104. The van der Waals surface area contributed by atoms with Crippen LogP contribution in [-0.2, 0) is 10.0 Å². The smallest absolute Gasteiger partial charge is 0.232 e. The van der Waals surface area contributed by atoms with Crippen molar-refractivity contribution in [2.24, 2.45) is 0 Å². The molecular formula is C18H16N2O3S. The Kier molecular flexibility index (Phi) is 5.51. The Bertz CT molecular complexity index is 908. The molecule has 0 saturated carbocycles. The molecule has 6 heteroatoms. The summed E-state index contributed by atoms with van der Waals surface area (Å²) in [7, 11) is -3.33. The minimum absolute atomic E-state index is 0.0157. The summed E-state index contributed by atoms with van der Waals surface area (Å²) in [6.07, 6.45) is 3.05. The number of anilines is 1. The highest BCUT2D eigenvalue weighted by Crippen LogP contribution is 2.13. The van der Waals surface area contributed by atoms with E-state index in [0.29, 0.717) is 16.8 Å². The number of carbonyl (C=O) groups is 1. The van der Waals surface area contributed by atoms with Gasteiger partial charge in [-0.3, -0.25) is 9.52 Å². The van der Waals surface area contributed by atoms with Crippen molar-refractivity contribution in [2.45, 2.75) is 6.92 Å². The average Bonchev–Trinajstić information content (AvgIpc) is 2.60. The van der Waals surface area contributed by atoms with Crippen molar-refractivity contribution >= 4 is 27.6 Å². The highest BCUT2D eigenvalue weighted by Gasteiger charge is 2.07. The van der Waals surface area contributed by atoms with Gasteiger partial charge in [-0.1, -0.05) is 18.2 Å². The molecule has 2 aromatic rings. The summed E-state index contributed by atoms with van der Waals surface area (Å²) in [6, 6.07) is 15.2. The number of ketones is 1. The second kappa shape index (κ2) is 7.57. The van der Waals surface area contributed by atoms with Crippen molar-refractivity contribution in [1.82, 2.24) is 0 Å². The predicted molar refractivity (Wildman–Crippen MR) is 94.0 cm³/mol. The van der Waals surface area contributed by atoms with Crippen LogP contribution in [0.1, 0.15) is 28.4 Å². The maximum atomic E-state index is 12.1. The molecule has 0 amide bonds. The van der Waals surface area contributed by atoms with Crippen LogP contribution >= 0.6 is 0 Å². The number of rotatable bonds is 6. The van der Waals surface area contributed by atoms with E-state index in [1.54, 1.807) is 61.5 Å². The summed E-state index contributed by atoms with van der Waals surface area (Å²) >= 11 is 0. The number of nitrogens with one attached hydrogen (secondary N) is 1. The van der Waals surface area contributed by atoms with Crippen LogP contribution in [0.15, 0.2) is 54.6 Å². The van der Waals surface area contributed by atoms with Crippen LogP contribution in [0.5, 0.6) is 0 Å². The van der Waals surface area contributed by atoms with E-state index in [4.69, 9.17) is 5.26 Å². The predicted octanol–water partition coefficient (Wildman–Crippen LogP) is 3.22. The number of carbonyl (C=O) groups excluding carboxylic acids is 1. The van der Waals surface area contributed by atoms with Crippen molar-refractivity contribution in [3.63, 3.8) is 0 Å². The number of allylic oxidation sites excluding steroid dienone is 1. The third-order valence-corrected chi connectivity index (χ3v) is 4.57. The second-order valence-electron chi connectivity index (χ2n) is 5.02. The molecule has 5 nitrogen and oxygen atoms in total. The SMILES string of the molecule is CCS(=O)(=O)Nc1ccc(C(=O)/C=C\c2cccc(C#N)c2)cc1. The van der Waals surface area contributed by atoms with Crippen LogP contribution in [0.2, 0.25) is 0 Å². The van der Waals surface area contributed by atoms with Crippen molar-refractivity contribution in [3.8, 4) is 6.07 Å². The van der Waals surface area contributed by atoms with Crippen molar-refractivity contribution in [3.05, 3.63) is 71.3 Å². The Balaban J connectivity index is 2.10. The summed E-state index contributed by atoms with van der Waals surface area (Å²) in [5.41, 5.74) is 2.15. The molecule has 0 aromatic heterocycles. The van der Waals surface area contributed by atoms with E-state index in [1.807, 2.05) is 6.07 Å². The Hall–Kier alpha value is -2.91. The molecule has 0 bridgehead atoms. The molecule has 24 heavy (non-hydrogen) atoms. The van der Waals surface area contributed by atoms with Crippen LogP contribution in [0, 0.1) is 11.3 Å². The summed E-state index contributed by atoms with van der Waals surface area (Å²) in [5.74, 6) is -0.222. The van der Waals surface area contributed by atoms with Gasteiger partial charge in [0.15, 0.2) is 5.78 Å². The van der Waals surface area contributed by atoms with Gasteiger partial charge in [0.25, 0.3) is 0 Å². The molecule has 0 atom stereocenters. The molecule has 0 unspecified atom stereocenters. The van der Waals surface area contributed by atoms with E-state index in [1.165, 1.54) is 6.08 Å². The summed E-state index contributed by atoms with van der Waals surface area (Å²) in [4.78, 5) is 12.1. The minimum atomic E-state index is -3.33. The van der Waals surface area contributed by atoms with E-state index >= 15 is 0 Å². The molecule has 0 heterocycles. The van der Waals surface area contributed by atoms with Crippen molar-refractivity contribution < 1.29 is 13.2 Å². The molecule has 0 fully saturated rings. The molecule has 122 valence electrons. The number of benzene rings is 2. The van der Waals surface area contributed by atoms with Crippen LogP contribution in [0.4, 0.5) is 5.69 Å². The van der Waals surface area contributed by atoms with E-state index in [2.05, 4.69) is 4.72 Å². The molecule has 1 N–H and O–H groups in total. The van der Waals surface area contributed by atoms with Crippen LogP contribution in [0.25, 0.3) is 6.08 Å². The fourth-order valence-corrected chi connectivity index (χ4v) is 2.57. The zero-order valence-electron chi connectivity index (χ0n) is 13.1. The summed E-state index contributed by atoms with van der Waals surface area (Å²) < 4.78 is 25.4. The molecule has 0 aliphatic carbocycles. The number of nitriles is 1. The first-order valence-electron chi connectivity index (χ1n) is 7.26. The third kappa shape index (κ3) is 4.80. The molecule has 0 aliphatic heterocycles. The Morgan fingerprint density at radius 3 is 2.54 bits per heavy atom. The lowest BCUT2D eigenvalue weighted by Crippen LogP contribution is -2.14. The first-order chi connectivity index (χ1) is 11.4. The number of sulfonamides is 1. The molecule has 2 aromatic carbocycles. The number of nitrogens with zero attached hydrogens (tertiary/aromatic N) is 1. The average molecular weight is 340 g/mol. The first-order valence-corrected chi connectivity index (χ1v) is 8.92. The van der Waals surface area contributed by atoms with Gasteiger partial charge >= 0.3 is 0 Å². The Morgan fingerprint density at radius 2 is 1.92 bits per heavy atom. The lowest BCUT2D eigenvalue weighted by atomic mass is 10.1. The van der Waals surface area contributed by atoms with Crippen LogP contribution in [-0.4, -0.2) is 20.0 Å². The number of hydrogen-bond donors (Lipinski definition) is 1. The maximum absolute atomic E-state index is 12.1. The monoisotopic (exact) mass is 340 g/mol. The van der Waals surface area contributed by atoms with Crippen LogP contribution < -0.4 is 4.72 Å². The quantitative estimate of drug-likeness (QED) is 0.646. The van der Waals surface area contributed by atoms with Gasteiger partial charge in [0, 0.05) is 11.3 Å². The van der Waals surface area contributed by atoms with Gasteiger partial charge in [-0.2, -0.15) is 5.26 Å². The molecular weight excluding hydrogens is 324 g/mol. The molecule has 0 aliphatic rings. The summed E-state index contributed by atoms with van der Waals surface area (Å²) in [5, 5.41) is 8.85. The topological polar surface area (TPSA) is 87.0 Å². The van der Waals surface area contributed by atoms with Gasteiger partial charge in [-0.25, -0.2) is 8.42 Å². The molecule has 0 radical (unpaired) electrons. The molecule has 0 spiro atoms. The fraction of sp³-hybridized carbons (Fsp3) is 0.111. The van der Waals surface area contributed by atoms with E-state index in [9.17, 15) is 13.2 Å². The Labute approximate surface area is 141 Å². The zero-order valence-corrected chi connectivity index (χ0v) is 13.9. The van der Waals surface area contributed by atoms with Crippen LogP contribution in [0.3, 0.4) is 0 Å². The maximum Gasteiger partial charge on any atom is 0.232 e. The fourth-order valence-electron chi connectivity index (χ4n) is 1.93. The van der Waals surface area contributed by atoms with Crippen molar-refractivity contribution in [1.29, 1.82) is 5.26 Å². The van der Waals surface area contributed by atoms with E-state index in [0.717, 1.165) is 5.56 Å². The van der Waals surface area contributed by atoms with Gasteiger partial charge < -0.3 is 0 Å². The van der Waals surface area contributed by atoms with Gasteiger partial charge in [0.05, 0.1) is 17.4 Å². The van der Waals surface area contributed by atoms with E-state index in [-0.39, 0.29) is 11.5 Å². The number of hydrogen-bond acceptors (Lipinski definition) is 4. The highest BCUT2D eigenvalue weighted by molar-refractivity contribution is 7.92. The van der Waals surface area contributed by atoms with Gasteiger partial charge in [-0.05, 0) is 55.0 Å². The minimum Gasteiger partial charge on any atom is -0.289 e. The first kappa shape index (κ1) is 17.4. The van der Waals surface area contributed by atoms with Gasteiger partial charge in [0.1, 0.15) is 0 Å². The highest BCUT2D eigenvalue weighted by atomic mass is 32.2. The largest absolute Gasteiger partial charge is 0.289 e. The molecule has 0 saturated heterocycles. The van der Waals surface area contributed by atoms with Gasteiger partial charge in [0.2, 0.25) is 10.0 Å². The lowest BCUT2D eigenvalue weighted by Gasteiger charge is -2.06. The summed E-state index contributed by atoms with van der Waals surface area (Å²) in [6.45, 7) is 1.55. The Morgan fingerprint density at radius 1 is 1.21 bits per heavy atom. The standard InChI is InChI=1S/C18H16N2O3S/c1-2-24(22,23)20-17-9-7-16(8-10-17)18(21)11-6-14-4-3-5-15(12-14)13-19/h3-12,20H,2H2,1H3/b11-6-. The van der Waals surface area contributed by atoms with Crippen molar-refractivity contribution in [2.75, 3.05) is 10.5 Å². The zero-order chi connectivity index (χ0) is 17.6. The van der Waals surface area contributed by atoms with E-state index < -0.39 is 10.0 Å². The third-order valence-electron chi connectivity index (χ3n) is 3.27. The normalized spacial score (nSPS) is 11.2. The second-order valence-corrected chi connectivity index (χ2v) is 7.03. The van der Waals surface area contributed by atoms with Gasteiger partial charge in [-0.15, -0.1) is 0 Å². The molecule has 2 rings (SSSR count).